The molecule has 0 fully saturated rings. The maximum Gasteiger partial charge on any atom is 0.0358 e. The van der Waals surface area contributed by atoms with Gasteiger partial charge in [0.05, 0.1) is 0 Å². The lowest BCUT2D eigenvalue weighted by Gasteiger charge is -2.18. The SMILES string of the molecule is Cc1ccc(C2c3ccccc3-c3c2c2ccccc2c2ccccc32)cc1. The molecule has 0 spiro atoms. The van der Waals surface area contributed by atoms with Gasteiger partial charge >= 0.3 is 0 Å². The molecule has 0 N–H and O–H groups in total. The van der Waals surface area contributed by atoms with Crippen LogP contribution in [0.4, 0.5) is 0 Å². The third kappa shape index (κ3) is 2.06. The molecule has 132 valence electrons. The fourth-order valence-electron chi connectivity index (χ4n) is 5.00. The van der Waals surface area contributed by atoms with Crippen molar-refractivity contribution in [3.8, 4) is 11.1 Å². The predicted octanol–water partition coefficient (Wildman–Crippen LogP) is 7.46. The predicted molar refractivity (Wildman–Crippen MR) is 119 cm³/mol. The number of hydrogen-bond donors (Lipinski definition) is 0. The van der Waals surface area contributed by atoms with E-state index in [2.05, 4.69) is 104 Å². The molecule has 28 heavy (non-hydrogen) atoms. The molecule has 0 amide bonds. The topological polar surface area (TPSA) is 0 Å². The Labute approximate surface area is 165 Å². The van der Waals surface area contributed by atoms with Crippen LogP contribution in [0.15, 0.2) is 97.1 Å². The fourth-order valence-corrected chi connectivity index (χ4v) is 5.00. The minimum absolute atomic E-state index is 0.279. The normalized spacial score (nSPS) is 15.0. The third-order valence-electron chi connectivity index (χ3n) is 6.21. The first-order valence-electron chi connectivity index (χ1n) is 9.92. The summed E-state index contributed by atoms with van der Waals surface area (Å²) < 4.78 is 0. The maximum atomic E-state index is 2.31. The molecule has 0 bridgehead atoms. The third-order valence-corrected chi connectivity index (χ3v) is 6.21. The van der Waals surface area contributed by atoms with Gasteiger partial charge in [0.2, 0.25) is 0 Å². The molecule has 6 rings (SSSR count). The van der Waals surface area contributed by atoms with Crippen molar-refractivity contribution in [3.05, 3.63) is 119 Å². The Bertz CT molecular complexity index is 1360. The van der Waals surface area contributed by atoms with E-state index in [-0.39, 0.29) is 5.92 Å². The Balaban J connectivity index is 1.83. The number of fused-ring (bicyclic) bond motifs is 8. The highest BCUT2D eigenvalue weighted by Gasteiger charge is 2.33. The van der Waals surface area contributed by atoms with Crippen LogP contribution in [0.3, 0.4) is 0 Å². The first-order valence-corrected chi connectivity index (χ1v) is 9.92. The Morgan fingerprint density at radius 1 is 0.536 bits per heavy atom. The van der Waals surface area contributed by atoms with E-state index in [4.69, 9.17) is 0 Å². The van der Waals surface area contributed by atoms with Gasteiger partial charge in [-0.15, -0.1) is 0 Å². The Morgan fingerprint density at radius 2 is 1.11 bits per heavy atom. The van der Waals surface area contributed by atoms with E-state index in [9.17, 15) is 0 Å². The summed E-state index contributed by atoms with van der Waals surface area (Å²) in [5, 5.41) is 5.43. The zero-order chi connectivity index (χ0) is 18.7. The highest BCUT2D eigenvalue weighted by atomic mass is 14.3. The van der Waals surface area contributed by atoms with Gasteiger partial charge in [-0.25, -0.2) is 0 Å². The van der Waals surface area contributed by atoms with Gasteiger partial charge in [0.1, 0.15) is 0 Å². The fraction of sp³-hybridized carbons (Fsp3) is 0.0714. The smallest absolute Gasteiger partial charge is 0.0358 e. The minimum Gasteiger partial charge on any atom is -0.0619 e. The van der Waals surface area contributed by atoms with Gasteiger partial charge in [-0.1, -0.05) is 103 Å². The quantitative estimate of drug-likeness (QED) is 0.268. The lowest BCUT2D eigenvalue weighted by Crippen LogP contribution is -2.00. The molecule has 0 aromatic heterocycles. The molecule has 1 aliphatic rings. The van der Waals surface area contributed by atoms with Gasteiger partial charge < -0.3 is 0 Å². The molecule has 5 aromatic carbocycles. The molecule has 0 aliphatic heterocycles. The molecule has 1 aliphatic carbocycles. The van der Waals surface area contributed by atoms with Crippen LogP contribution in [0, 0.1) is 6.92 Å². The summed E-state index contributed by atoms with van der Waals surface area (Å²) >= 11 is 0. The number of benzene rings is 5. The van der Waals surface area contributed by atoms with Crippen molar-refractivity contribution in [2.24, 2.45) is 0 Å². The molecule has 0 saturated carbocycles. The van der Waals surface area contributed by atoms with Crippen molar-refractivity contribution in [2.75, 3.05) is 0 Å². The highest BCUT2D eigenvalue weighted by Crippen LogP contribution is 2.53. The molecule has 1 unspecified atom stereocenters. The van der Waals surface area contributed by atoms with Crippen LogP contribution in [-0.2, 0) is 0 Å². The molecule has 0 saturated heterocycles. The first-order chi connectivity index (χ1) is 13.8. The zero-order valence-corrected chi connectivity index (χ0v) is 15.8. The number of aryl methyl sites for hydroxylation is 1. The molecular formula is C28H20. The van der Waals surface area contributed by atoms with E-state index in [1.165, 1.54) is 54.9 Å². The average molecular weight is 356 g/mol. The number of hydrogen-bond acceptors (Lipinski definition) is 0. The van der Waals surface area contributed by atoms with Gasteiger partial charge in [0, 0.05) is 5.92 Å². The van der Waals surface area contributed by atoms with E-state index < -0.39 is 0 Å². The van der Waals surface area contributed by atoms with E-state index in [0.717, 1.165) is 0 Å². The number of rotatable bonds is 1. The van der Waals surface area contributed by atoms with E-state index in [1.54, 1.807) is 0 Å². The largest absolute Gasteiger partial charge is 0.0619 e. The second kappa shape index (κ2) is 5.81. The summed E-state index contributed by atoms with van der Waals surface area (Å²) in [6.07, 6.45) is 0. The van der Waals surface area contributed by atoms with E-state index >= 15 is 0 Å². The van der Waals surface area contributed by atoms with Crippen molar-refractivity contribution >= 4 is 21.5 Å². The Hall–Kier alpha value is -3.38. The molecule has 0 radical (unpaired) electrons. The van der Waals surface area contributed by atoms with Crippen LogP contribution in [0.1, 0.15) is 28.2 Å². The summed E-state index contributed by atoms with van der Waals surface area (Å²) in [7, 11) is 0. The summed E-state index contributed by atoms with van der Waals surface area (Å²) in [6.45, 7) is 2.16. The van der Waals surface area contributed by atoms with Gasteiger partial charge in [-0.05, 0) is 56.3 Å². The van der Waals surface area contributed by atoms with E-state index in [1.807, 2.05) is 0 Å². The van der Waals surface area contributed by atoms with Crippen LogP contribution in [0.2, 0.25) is 0 Å². The molecule has 0 heteroatoms. The molecule has 5 aromatic rings. The van der Waals surface area contributed by atoms with Crippen molar-refractivity contribution in [2.45, 2.75) is 12.8 Å². The Kier molecular flexibility index (Phi) is 3.25. The average Bonchev–Trinajstić information content (AvgIpc) is 3.10. The Morgan fingerprint density at radius 3 is 1.86 bits per heavy atom. The van der Waals surface area contributed by atoms with Gasteiger partial charge in [0.15, 0.2) is 0 Å². The van der Waals surface area contributed by atoms with Gasteiger partial charge in [0.25, 0.3) is 0 Å². The van der Waals surface area contributed by atoms with Crippen molar-refractivity contribution in [1.29, 1.82) is 0 Å². The van der Waals surface area contributed by atoms with E-state index in [0.29, 0.717) is 0 Å². The van der Waals surface area contributed by atoms with Crippen LogP contribution < -0.4 is 0 Å². The summed E-state index contributed by atoms with van der Waals surface area (Å²) in [5.41, 5.74) is 8.35. The highest BCUT2D eigenvalue weighted by molar-refractivity contribution is 6.18. The van der Waals surface area contributed by atoms with Crippen molar-refractivity contribution in [3.63, 3.8) is 0 Å². The van der Waals surface area contributed by atoms with Crippen molar-refractivity contribution in [1.82, 2.24) is 0 Å². The molecule has 0 nitrogen and oxygen atoms in total. The van der Waals surface area contributed by atoms with Crippen LogP contribution in [0.5, 0.6) is 0 Å². The first kappa shape index (κ1) is 15.7. The summed E-state index contributed by atoms with van der Waals surface area (Å²) in [5.74, 6) is 0.279. The lowest BCUT2D eigenvalue weighted by atomic mass is 9.85. The van der Waals surface area contributed by atoms with Crippen LogP contribution in [-0.4, -0.2) is 0 Å². The van der Waals surface area contributed by atoms with Crippen molar-refractivity contribution < 1.29 is 0 Å². The maximum absolute atomic E-state index is 2.31. The standard InChI is InChI=1S/C28H20/c1-18-14-16-19(17-15-18)26-24-12-6-7-13-25(24)27-22-10-4-2-8-20(22)21-9-3-5-11-23(21)28(26)27/h2-17,26H,1H3. The summed E-state index contributed by atoms with van der Waals surface area (Å²) in [4.78, 5) is 0. The minimum atomic E-state index is 0.279. The van der Waals surface area contributed by atoms with Crippen LogP contribution >= 0.6 is 0 Å². The van der Waals surface area contributed by atoms with Gasteiger partial charge in [-0.3, -0.25) is 0 Å². The summed E-state index contributed by atoms with van der Waals surface area (Å²) in [6, 6.07) is 35.8. The second-order valence-corrected chi connectivity index (χ2v) is 7.81. The molecule has 0 heterocycles. The van der Waals surface area contributed by atoms with Crippen LogP contribution in [0.25, 0.3) is 32.7 Å². The molecular weight excluding hydrogens is 336 g/mol. The van der Waals surface area contributed by atoms with Gasteiger partial charge in [-0.2, -0.15) is 0 Å². The molecule has 1 atom stereocenters. The lowest BCUT2D eigenvalue weighted by molar-refractivity contribution is 1.02. The monoisotopic (exact) mass is 356 g/mol. The second-order valence-electron chi connectivity index (χ2n) is 7.81. The zero-order valence-electron chi connectivity index (χ0n) is 15.8.